The fourth-order valence-corrected chi connectivity index (χ4v) is 1.40. The van der Waals surface area contributed by atoms with E-state index in [1.807, 2.05) is 20.3 Å². The Morgan fingerprint density at radius 1 is 1.64 bits per heavy atom. The Labute approximate surface area is 85.3 Å². The summed E-state index contributed by atoms with van der Waals surface area (Å²) in [6.07, 6.45) is 6.08. The van der Waals surface area contributed by atoms with E-state index in [1.54, 1.807) is 10.9 Å². The lowest BCUT2D eigenvalue weighted by Crippen LogP contribution is -2.28. The summed E-state index contributed by atoms with van der Waals surface area (Å²) in [5.74, 6) is 0.848. The minimum Gasteiger partial charge on any atom is -0.486 e. The van der Waals surface area contributed by atoms with Gasteiger partial charge in [-0.05, 0) is 13.5 Å². The third-order valence-electron chi connectivity index (χ3n) is 2.03. The van der Waals surface area contributed by atoms with Crippen molar-refractivity contribution in [1.29, 1.82) is 0 Å². The van der Waals surface area contributed by atoms with Crippen molar-refractivity contribution in [3.05, 3.63) is 12.4 Å². The summed E-state index contributed by atoms with van der Waals surface area (Å²) < 4.78 is 7.52. The number of nitrogens with zero attached hydrogens (tertiary/aromatic N) is 2. The molecule has 0 amide bonds. The molecule has 14 heavy (non-hydrogen) atoms. The van der Waals surface area contributed by atoms with Crippen molar-refractivity contribution in [3.8, 4) is 5.75 Å². The van der Waals surface area contributed by atoms with Crippen molar-refractivity contribution in [2.75, 3.05) is 13.6 Å². The maximum atomic E-state index is 5.77. The molecule has 1 atom stereocenters. The highest BCUT2D eigenvalue weighted by Gasteiger charge is 2.08. The molecule has 1 aromatic rings. The van der Waals surface area contributed by atoms with Crippen LogP contribution in [0, 0.1) is 0 Å². The highest BCUT2D eigenvalue weighted by Crippen LogP contribution is 2.12. The molecule has 80 valence electrons. The number of rotatable bonds is 6. The van der Waals surface area contributed by atoms with Gasteiger partial charge in [-0.1, -0.05) is 13.3 Å². The van der Waals surface area contributed by atoms with Crippen molar-refractivity contribution in [1.82, 2.24) is 15.1 Å². The number of hydrogen-bond donors (Lipinski definition) is 1. The van der Waals surface area contributed by atoms with E-state index in [4.69, 9.17) is 4.74 Å². The minimum absolute atomic E-state index is 0.245. The van der Waals surface area contributed by atoms with Gasteiger partial charge in [0.1, 0.15) is 6.10 Å². The molecule has 0 aliphatic heterocycles. The molecule has 0 spiro atoms. The lowest BCUT2D eigenvalue weighted by Gasteiger charge is -2.16. The first-order chi connectivity index (χ1) is 6.76. The second-order valence-electron chi connectivity index (χ2n) is 3.44. The van der Waals surface area contributed by atoms with E-state index in [1.165, 1.54) is 0 Å². The zero-order valence-corrected chi connectivity index (χ0v) is 9.16. The fraction of sp³-hybridized carbons (Fsp3) is 0.700. The highest BCUT2D eigenvalue weighted by molar-refractivity contribution is 5.11. The Hall–Kier alpha value is -1.03. The standard InChI is InChI=1S/C10H19N3O/c1-4-5-9(6-11-2)14-10-7-12-13(3)8-10/h7-9,11H,4-6H2,1-3H3. The molecule has 1 rings (SSSR count). The van der Waals surface area contributed by atoms with Gasteiger partial charge < -0.3 is 10.1 Å². The molecule has 0 saturated heterocycles. The Bertz CT molecular complexity index is 254. The van der Waals surface area contributed by atoms with Gasteiger partial charge in [-0.3, -0.25) is 4.68 Å². The third kappa shape index (κ3) is 3.38. The van der Waals surface area contributed by atoms with Gasteiger partial charge in [0.15, 0.2) is 5.75 Å². The Morgan fingerprint density at radius 3 is 2.93 bits per heavy atom. The maximum Gasteiger partial charge on any atom is 0.157 e. The van der Waals surface area contributed by atoms with E-state index in [-0.39, 0.29) is 6.10 Å². The molecule has 0 aromatic carbocycles. The second kappa shape index (κ2) is 5.65. The van der Waals surface area contributed by atoms with Crippen molar-refractivity contribution in [2.45, 2.75) is 25.9 Å². The van der Waals surface area contributed by atoms with E-state index >= 15 is 0 Å². The van der Waals surface area contributed by atoms with Crippen molar-refractivity contribution >= 4 is 0 Å². The highest BCUT2D eigenvalue weighted by atomic mass is 16.5. The predicted octanol–water partition coefficient (Wildman–Crippen LogP) is 1.19. The summed E-state index contributed by atoms with van der Waals surface area (Å²) in [7, 11) is 3.83. The number of aryl methyl sites for hydroxylation is 1. The third-order valence-corrected chi connectivity index (χ3v) is 2.03. The SMILES string of the molecule is CCCC(CNC)Oc1cnn(C)c1. The van der Waals surface area contributed by atoms with E-state index in [0.29, 0.717) is 0 Å². The minimum atomic E-state index is 0.245. The molecule has 4 nitrogen and oxygen atoms in total. The lowest BCUT2D eigenvalue weighted by molar-refractivity contribution is 0.189. The topological polar surface area (TPSA) is 39.1 Å². The van der Waals surface area contributed by atoms with E-state index in [0.717, 1.165) is 25.1 Å². The van der Waals surface area contributed by atoms with E-state index in [9.17, 15) is 0 Å². The zero-order valence-electron chi connectivity index (χ0n) is 9.16. The Balaban J connectivity index is 2.46. The average molecular weight is 197 g/mol. The van der Waals surface area contributed by atoms with Crippen LogP contribution in [0.4, 0.5) is 0 Å². The number of likely N-dealkylation sites (N-methyl/N-ethyl adjacent to an activating group) is 1. The van der Waals surface area contributed by atoms with Crippen LogP contribution in [0.3, 0.4) is 0 Å². The van der Waals surface area contributed by atoms with Crippen LogP contribution in [-0.4, -0.2) is 29.5 Å². The van der Waals surface area contributed by atoms with Crippen molar-refractivity contribution in [3.63, 3.8) is 0 Å². The van der Waals surface area contributed by atoms with Crippen molar-refractivity contribution in [2.24, 2.45) is 7.05 Å². The van der Waals surface area contributed by atoms with Gasteiger partial charge in [0.25, 0.3) is 0 Å². The average Bonchev–Trinajstić information content (AvgIpc) is 2.52. The summed E-state index contributed by atoms with van der Waals surface area (Å²) in [5, 5.41) is 7.19. The molecule has 0 aliphatic rings. The molecule has 1 N–H and O–H groups in total. The summed E-state index contributed by atoms with van der Waals surface area (Å²) in [4.78, 5) is 0. The molecule has 0 bridgehead atoms. The van der Waals surface area contributed by atoms with Gasteiger partial charge in [-0.25, -0.2) is 0 Å². The number of hydrogen-bond acceptors (Lipinski definition) is 3. The summed E-state index contributed by atoms with van der Waals surface area (Å²) in [6, 6.07) is 0. The lowest BCUT2D eigenvalue weighted by atomic mass is 10.2. The maximum absolute atomic E-state index is 5.77. The van der Waals surface area contributed by atoms with Gasteiger partial charge in [0, 0.05) is 13.6 Å². The molecule has 1 heterocycles. The van der Waals surface area contributed by atoms with Crippen LogP contribution in [0.15, 0.2) is 12.4 Å². The summed E-state index contributed by atoms with van der Waals surface area (Å²) >= 11 is 0. The van der Waals surface area contributed by atoms with Crippen LogP contribution in [-0.2, 0) is 7.05 Å². The largest absolute Gasteiger partial charge is 0.486 e. The monoisotopic (exact) mass is 197 g/mol. The molecule has 4 heteroatoms. The molecule has 1 unspecified atom stereocenters. The normalized spacial score (nSPS) is 12.8. The fourth-order valence-electron chi connectivity index (χ4n) is 1.40. The molecule has 0 radical (unpaired) electrons. The Morgan fingerprint density at radius 2 is 2.43 bits per heavy atom. The number of aromatic nitrogens is 2. The van der Waals surface area contributed by atoms with Gasteiger partial charge >= 0.3 is 0 Å². The first-order valence-corrected chi connectivity index (χ1v) is 5.06. The molecular weight excluding hydrogens is 178 g/mol. The van der Waals surface area contributed by atoms with Gasteiger partial charge in [0.2, 0.25) is 0 Å². The van der Waals surface area contributed by atoms with E-state index in [2.05, 4.69) is 17.3 Å². The molecular formula is C10H19N3O. The van der Waals surface area contributed by atoms with Crippen LogP contribution < -0.4 is 10.1 Å². The van der Waals surface area contributed by atoms with Crippen LogP contribution in [0.1, 0.15) is 19.8 Å². The van der Waals surface area contributed by atoms with E-state index < -0.39 is 0 Å². The predicted molar refractivity (Wildman–Crippen MR) is 56.5 cm³/mol. The summed E-state index contributed by atoms with van der Waals surface area (Å²) in [5.41, 5.74) is 0. The molecule has 0 saturated carbocycles. The first-order valence-electron chi connectivity index (χ1n) is 5.06. The first kappa shape index (κ1) is 11.0. The molecule has 1 aromatic heterocycles. The smallest absolute Gasteiger partial charge is 0.157 e. The van der Waals surface area contributed by atoms with Crippen LogP contribution >= 0.6 is 0 Å². The van der Waals surface area contributed by atoms with Crippen LogP contribution in [0.25, 0.3) is 0 Å². The van der Waals surface area contributed by atoms with Crippen LogP contribution in [0.2, 0.25) is 0 Å². The Kier molecular flexibility index (Phi) is 4.46. The van der Waals surface area contributed by atoms with Crippen LogP contribution in [0.5, 0.6) is 5.75 Å². The number of nitrogens with one attached hydrogen (secondary N) is 1. The van der Waals surface area contributed by atoms with Gasteiger partial charge in [0.05, 0.1) is 12.4 Å². The molecule has 0 aliphatic carbocycles. The quantitative estimate of drug-likeness (QED) is 0.744. The number of ether oxygens (including phenoxy) is 1. The second-order valence-corrected chi connectivity index (χ2v) is 3.44. The zero-order chi connectivity index (χ0) is 10.4. The summed E-state index contributed by atoms with van der Waals surface area (Å²) in [6.45, 7) is 3.04. The van der Waals surface area contributed by atoms with Gasteiger partial charge in [-0.2, -0.15) is 5.10 Å². The van der Waals surface area contributed by atoms with Gasteiger partial charge in [-0.15, -0.1) is 0 Å². The molecule has 0 fully saturated rings. The van der Waals surface area contributed by atoms with Crippen molar-refractivity contribution < 1.29 is 4.74 Å².